The largest absolute Gasteiger partial charge is 0.364 e. The second-order valence-corrected chi connectivity index (χ2v) is 4.82. The summed E-state index contributed by atoms with van der Waals surface area (Å²) in [6, 6.07) is 0. The number of H-pyrrole nitrogens is 1. The van der Waals surface area contributed by atoms with Gasteiger partial charge in [0.1, 0.15) is 12.0 Å². The van der Waals surface area contributed by atoms with Gasteiger partial charge in [0.05, 0.1) is 11.2 Å². The van der Waals surface area contributed by atoms with Gasteiger partial charge in [-0.3, -0.25) is 14.9 Å². The zero-order valence-electron chi connectivity index (χ0n) is 10.5. The third-order valence-corrected chi connectivity index (χ3v) is 3.42. The van der Waals surface area contributed by atoms with Crippen LogP contribution in [0, 0.1) is 6.92 Å². The number of rotatable bonds is 3. The maximum absolute atomic E-state index is 11.6. The smallest absolute Gasteiger partial charge is 0.268 e. The van der Waals surface area contributed by atoms with E-state index >= 15 is 0 Å². The number of aromatic nitrogens is 5. The number of hydrogen-bond acceptors (Lipinski definition) is 6. The molecule has 0 aliphatic carbocycles. The van der Waals surface area contributed by atoms with Gasteiger partial charge in [0.2, 0.25) is 0 Å². The fourth-order valence-corrected chi connectivity index (χ4v) is 2.54. The van der Waals surface area contributed by atoms with Crippen molar-refractivity contribution in [2.75, 3.05) is 0 Å². The summed E-state index contributed by atoms with van der Waals surface area (Å²) < 4.78 is 0. The molecule has 0 aliphatic heterocycles. The first-order valence-electron chi connectivity index (χ1n) is 5.72. The van der Waals surface area contributed by atoms with Crippen molar-refractivity contribution in [1.29, 1.82) is 0 Å². The molecule has 3 rings (SSSR count). The summed E-state index contributed by atoms with van der Waals surface area (Å²) in [6.45, 7) is 1.87. The van der Waals surface area contributed by atoms with Crippen molar-refractivity contribution in [1.82, 2.24) is 25.1 Å². The fourth-order valence-electron chi connectivity index (χ4n) is 2.00. The molecule has 3 heterocycles. The van der Waals surface area contributed by atoms with E-state index in [0.29, 0.717) is 22.6 Å². The predicted molar refractivity (Wildman–Crippen MR) is 74.0 cm³/mol. The van der Waals surface area contributed by atoms with Crippen molar-refractivity contribution in [3.8, 4) is 22.6 Å². The summed E-state index contributed by atoms with van der Waals surface area (Å²) >= 11 is 1.43. The monoisotopic (exact) mass is 286 g/mol. The van der Waals surface area contributed by atoms with E-state index in [0.717, 1.165) is 5.56 Å². The van der Waals surface area contributed by atoms with Crippen LogP contribution in [0.2, 0.25) is 0 Å². The lowest BCUT2D eigenvalue weighted by Crippen LogP contribution is -2.16. The van der Waals surface area contributed by atoms with Gasteiger partial charge in [-0.25, -0.2) is 9.97 Å². The number of primary amides is 1. The van der Waals surface area contributed by atoms with E-state index in [9.17, 15) is 4.79 Å². The zero-order valence-corrected chi connectivity index (χ0v) is 11.3. The van der Waals surface area contributed by atoms with Gasteiger partial charge in [0.25, 0.3) is 5.91 Å². The molecule has 3 N–H and O–H groups in total. The molecule has 100 valence electrons. The predicted octanol–water partition coefficient (Wildman–Crippen LogP) is 1.40. The van der Waals surface area contributed by atoms with Crippen LogP contribution in [0.15, 0.2) is 23.4 Å². The molecule has 0 bridgehead atoms. The first kappa shape index (κ1) is 12.4. The van der Waals surface area contributed by atoms with E-state index < -0.39 is 5.91 Å². The Hall–Kier alpha value is -2.61. The number of carbonyl (C=O) groups excluding carboxylic acids is 1. The zero-order chi connectivity index (χ0) is 14.1. The van der Waals surface area contributed by atoms with E-state index in [2.05, 4.69) is 25.1 Å². The molecule has 7 nitrogen and oxygen atoms in total. The SMILES string of the molecule is Cc1cnc(C(N)=O)c(-c2cscn2)c1-c1nc[nH]n1. The van der Waals surface area contributed by atoms with Crippen molar-refractivity contribution in [3.05, 3.63) is 34.7 Å². The molecule has 3 aromatic heterocycles. The minimum atomic E-state index is -0.607. The molecule has 20 heavy (non-hydrogen) atoms. The van der Waals surface area contributed by atoms with Gasteiger partial charge in [-0.1, -0.05) is 0 Å². The lowest BCUT2D eigenvalue weighted by Gasteiger charge is -2.11. The molecule has 0 saturated heterocycles. The number of pyridine rings is 1. The number of hydrogen-bond donors (Lipinski definition) is 2. The fraction of sp³-hybridized carbons (Fsp3) is 0.0833. The topological polar surface area (TPSA) is 110 Å². The number of nitrogens with zero attached hydrogens (tertiary/aromatic N) is 4. The molecule has 3 aromatic rings. The Morgan fingerprint density at radius 2 is 2.15 bits per heavy atom. The Morgan fingerprint density at radius 3 is 2.75 bits per heavy atom. The highest BCUT2D eigenvalue weighted by Gasteiger charge is 2.22. The molecule has 0 radical (unpaired) electrons. The molecule has 0 saturated carbocycles. The van der Waals surface area contributed by atoms with E-state index in [4.69, 9.17) is 5.73 Å². The molecule has 0 aliphatic rings. The van der Waals surface area contributed by atoms with Crippen LogP contribution < -0.4 is 5.73 Å². The highest BCUT2D eigenvalue weighted by molar-refractivity contribution is 7.07. The van der Waals surface area contributed by atoms with Crippen LogP contribution >= 0.6 is 11.3 Å². The van der Waals surface area contributed by atoms with Gasteiger partial charge in [-0.05, 0) is 12.5 Å². The molecule has 8 heteroatoms. The summed E-state index contributed by atoms with van der Waals surface area (Å²) in [7, 11) is 0. The average Bonchev–Trinajstić information content (AvgIpc) is 3.11. The highest BCUT2D eigenvalue weighted by Crippen LogP contribution is 2.34. The lowest BCUT2D eigenvalue weighted by atomic mass is 9.98. The van der Waals surface area contributed by atoms with Crippen LogP contribution in [0.3, 0.4) is 0 Å². The van der Waals surface area contributed by atoms with Gasteiger partial charge < -0.3 is 5.73 Å². The van der Waals surface area contributed by atoms with E-state index in [1.165, 1.54) is 17.7 Å². The van der Waals surface area contributed by atoms with Crippen molar-refractivity contribution >= 4 is 17.2 Å². The normalized spacial score (nSPS) is 10.7. The first-order chi connectivity index (χ1) is 9.68. The number of aromatic amines is 1. The van der Waals surface area contributed by atoms with Crippen LogP contribution in [0.1, 0.15) is 16.1 Å². The van der Waals surface area contributed by atoms with Gasteiger partial charge >= 0.3 is 0 Å². The molecular weight excluding hydrogens is 276 g/mol. The van der Waals surface area contributed by atoms with Crippen molar-refractivity contribution in [2.24, 2.45) is 5.73 Å². The first-order valence-corrected chi connectivity index (χ1v) is 6.67. The number of amides is 1. The Kier molecular flexibility index (Phi) is 2.99. The van der Waals surface area contributed by atoms with E-state index in [1.807, 2.05) is 12.3 Å². The quantitative estimate of drug-likeness (QED) is 0.756. The number of nitrogens with one attached hydrogen (secondary N) is 1. The van der Waals surface area contributed by atoms with Crippen molar-refractivity contribution in [3.63, 3.8) is 0 Å². The number of thiazole rings is 1. The molecule has 0 fully saturated rings. The van der Waals surface area contributed by atoms with Gasteiger partial charge in [-0.15, -0.1) is 11.3 Å². The average molecular weight is 286 g/mol. The summed E-state index contributed by atoms with van der Waals surface area (Å²) in [6.07, 6.45) is 3.06. The summed E-state index contributed by atoms with van der Waals surface area (Å²) in [5.41, 5.74) is 10.0. The minimum absolute atomic E-state index is 0.168. The van der Waals surface area contributed by atoms with Crippen LogP contribution in [0.25, 0.3) is 22.6 Å². The maximum Gasteiger partial charge on any atom is 0.268 e. The number of aryl methyl sites for hydroxylation is 1. The Bertz CT molecular complexity index is 751. The lowest BCUT2D eigenvalue weighted by molar-refractivity contribution is 0.0996. The second kappa shape index (κ2) is 4.82. The number of nitrogens with two attached hydrogens (primary N) is 1. The summed E-state index contributed by atoms with van der Waals surface area (Å²) in [5.74, 6) is -0.125. The highest BCUT2D eigenvalue weighted by atomic mass is 32.1. The van der Waals surface area contributed by atoms with E-state index in [1.54, 1.807) is 11.7 Å². The molecule has 0 unspecified atom stereocenters. The van der Waals surface area contributed by atoms with Crippen LogP contribution in [-0.2, 0) is 0 Å². The third-order valence-electron chi connectivity index (χ3n) is 2.83. The second-order valence-electron chi connectivity index (χ2n) is 4.10. The van der Waals surface area contributed by atoms with E-state index in [-0.39, 0.29) is 5.69 Å². The molecule has 0 aromatic carbocycles. The van der Waals surface area contributed by atoms with Crippen LogP contribution in [0.4, 0.5) is 0 Å². The molecule has 1 amide bonds. The van der Waals surface area contributed by atoms with Crippen molar-refractivity contribution in [2.45, 2.75) is 6.92 Å². The van der Waals surface area contributed by atoms with Gasteiger partial charge in [0, 0.05) is 22.7 Å². The standard InChI is InChI=1S/C12H10N6OS/c1-6-2-14-10(11(13)19)9(7-3-20-5-16-7)8(6)12-15-4-17-18-12/h2-5H,1H3,(H2,13,19)(H,15,17,18). The Morgan fingerprint density at radius 1 is 1.30 bits per heavy atom. The molecular formula is C12H10N6OS. The third kappa shape index (κ3) is 1.95. The maximum atomic E-state index is 11.6. The number of carbonyl (C=O) groups is 1. The van der Waals surface area contributed by atoms with Gasteiger partial charge in [-0.2, -0.15) is 5.10 Å². The molecule has 0 spiro atoms. The van der Waals surface area contributed by atoms with Gasteiger partial charge in [0.15, 0.2) is 5.82 Å². The molecule has 0 atom stereocenters. The van der Waals surface area contributed by atoms with Crippen LogP contribution in [0.5, 0.6) is 0 Å². The Balaban J connectivity index is 2.38. The summed E-state index contributed by atoms with van der Waals surface area (Å²) in [4.78, 5) is 24.2. The minimum Gasteiger partial charge on any atom is -0.364 e. The van der Waals surface area contributed by atoms with Crippen molar-refractivity contribution < 1.29 is 4.79 Å². The summed E-state index contributed by atoms with van der Waals surface area (Å²) in [5, 5.41) is 8.57. The Labute approximate surface area is 117 Å². The van der Waals surface area contributed by atoms with Crippen LogP contribution in [-0.4, -0.2) is 31.1 Å².